The fourth-order valence-electron chi connectivity index (χ4n) is 1.26. The summed E-state index contributed by atoms with van der Waals surface area (Å²) >= 11 is 1.50. The first-order valence-electron chi connectivity index (χ1n) is 4.52. The van der Waals surface area contributed by atoms with Crippen LogP contribution in [0.15, 0.2) is 47.8 Å². The van der Waals surface area contributed by atoms with Crippen LogP contribution in [-0.2, 0) is 0 Å². The third-order valence-corrected chi connectivity index (χ3v) is 2.93. The molecule has 0 saturated heterocycles. The zero-order chi connectivity index (χ0) is 10.7. The van der Waals surface area contributed by atoms with Crippen molar-refractivity contribution in [2.45, 2.75) is 0 Å². The van der Waals surface area contributed by atoms with Gasteiger partial charge < -0.3 is 0 Å². The molecule has 2 nitrogen and oxygen atoms in total. The van der Waals surface area contributed by atoms with Crippen LogP contribution in [0, 0.1) is 7.05 Å². The van der Waals surface area contributed by atoms with Crippen LogP contribution >= 0.6 is 11.3 Å². The van der Waals surface area contributed by atoms with Crippen molar-refractivity contribution in [2.75, 3.05) is 4.90 Å². The highest BCUT2D eigenvalue weighted by Crippen LogP contribution is 2.22. The largest absolute Gasteiger partial charge is 0.298 e. The van der Waals surface area contributed by atoms with Gasteiger partial charge >= 0.3 is 0 Å². The maximum absolute atomic E-state index is 11.9. The van der Waals surface area contributed by atoms with Crippen LogP contribution in [0.5, 0.6) is 0 Å². The van der Waals surface area contributed by atoms with E-state index in [2.05, 4.69) is 7.05 Å². The van der Waals surface area contributed by atoms with Gasteiger partial charge in [-0.1, -0.05) is 18.2 Å². The lowest BCUT2D eigenvalue weighted by molar-refractivity contribution is 0.0997. The minimum Gasteiger partial charge on any atom is -0.298 e. The smallest absolute Gasteiger partial charge is 0.258 e. The predicted molar refractivity (Wildman–Crippen MR) is 62.9 cm³/mol. The van der Waals surface area contributed by atoms with Crippen LogP contribution in [0.25, 0.3) is 0 Å². The van der Waals surface area contributed by atoms with Gasteiger partial charge in [0.05, 0.1) is 5.00 Å². The maximum Gasteiger partial charge on any atom is 0.258 e. The van der Waals surface area contributed by atoms with Gasteiger partial charge in [-0.3, -0.25) is 9.69 Å². The number of benzene rings is 1. The Morgan fingerprint density at radius 1 is 1.13 bits per heavy atom. The van der Waals surface area contributed by atoms with E-state index in [1.807, 2.05) is 35.7 Å². The van der Waals surface area contributed by atoms with Crippen molar-refractivity contribution in [1.82, 2.24) is 0 Å². The summed E-state index contributed by atoms with van der Waals surface area (Å²) in [6, 6.07) is 12.9. The van der Waals surface area contributed by atoms with Crippen LogP contribution in [-0.4, -0.2) is 5.91 Å². The molecule has 0 unspecified atom stereocenters. The molecule has 1 heterocycles. The van der Waals surface area contributed by atoms with Crippen molar-refractivity contribution >= 4 is 22.2 Å². The highest BCUT2D eigenvalue weighted by atomic mass is 32.1. The highest BCUT2D eigenvalue weighted by molar-refractivity contribution is 7.14. The summed E-state index contributed by atoms with van der Waals surface area (Å²) in [5.74, 6) is -0.0851. The molecular weight excluding hydrogens is 206 g/mol. The summed E-state index contributed by atoms with van der Waals surface area (Å²) < 4.78 is 0. The number of rotatable bonds is 2. The first kappa shape index (κ1) is 9.93. The van der Waals surface area contributed by atoms with E-state index < -0.39 is 0 Å². The maximum atomic E-state index is 11.9. The molecule has 0 atom stereocenters. The standard InChI is InChI=1S/C12H10NOS/c1-13(11-8-5-9-15-11)12(14)10-6-3-2-4-7-10/h2-9H,1H2. The quantitative estimate of drug-likeness (QED) is 0.755. The van der Waals surface area contributed by atoms with Gasteiger partial charge in [0.2, 0.25) is 0 Å². The molecule has 1 amide bonds. The topological polar surface area (TPSA) is 20.3 Å². The highest BCUT2D eigenvalue weighted by Gasteiger charge is 2.13. The van der Waals surface area contributed by atoms with Gasteiger partial charge in [0, 0.05) is 12.6 Å². The number of anilines is 1. The minimum absolute atomic E-state index is 0.0851. The lowest BCUT2D eigenvalue weighted by Gasteiger charge is -2.14. The second kappa shape index (κ2) is 4.28. The van der Waals surface area contributed by atoms with Gasteiger partial charge in [0.15, 0.2) is 0 Å². The van der Waals surface area contributed by atoms with Crippen LogP contribution in [0.2, 0.25) is 0 Å². The number of hydrogen-bond acceptors (Lipinski definition) is 2. The molecule has 0 N–H and O–H groups in total. The molecule has 0 bridgehead atoms. The van der Waals surface area contributed by atoms with Crippen molar-refractivity contribution in [3.8, 4) is 0 Å². The second-order valence-electron chi connectivity index (χ2n) is 3.05. The summed E-state index contributed by atoms with van der Waals surface area (Å²) in [5, 5.41) is 2.77. The van der Waals surface area contributed by atoms with Crippen LogP contribution in [0.4, 0.5) is 5.00 Å². The van der Waals surface area contributed by atoms with E-state index in [9.17, 15) is 4.79 Å². The Balaban J connectivity index is 2.23. The Bertz CT molecular complexity index is 436. The molecule has 3 heteroatoms. The molecule has 2 aromatic rings. The molecule has 0 spiro atoms. The summed E-state index contributed by atoms with van der Waals surface area (Å²) in [4.78, 5) is 13.3. The number of thiophene rings is 1. The van der Waals surface area contributed by atoms with Crippen molar-refractivity contribution in [3.63, 3.8) is 0 Å². The number of nitrogens with zero attached hydrogens (tertiary/aromatic N) is 1. The Kier molecular flexibility index (Phi) is 2.83. The monoisotopic (exact) mass is 216 g/mol. The molecule has 0 saturated carbocycles. The predicted octanol–water partition coefficient (Wildman–Crippen LogP) is 3.19. The molecule has 1 aromatic heterocycles. The van der Waals surface area contributed by atoms with E-state index in [0.717, 1.165) is 5.00 Å². The molecule has 0 fully saturated rings. The fraction of sp³-hybridized carbons (Fsp3) is 0. The number of carbonyl (C=O) groups excluding carboxylic acids is 1. The molecule has 1 radical (unpaired) electrons. The molecule has 0 aliphatic rings. The van der Waals surface area contributed by atoms with E-state index in [1.165, 1.54) is 16.2 Å². The second-order valence-corrected chi connectivity index (χ2v) is 3.98. The van der Waals surface area contributed by atoms with Gasteiger partial charge in [0.1, 0.15) is 0 Å². The fourth-order valence-corrected chi connectivity index (χ4v) is 1.92. The van der Waals surface area contributed by atoms with Crippen molar-refractivity contribution in [2.24, 2.45) is 0 Å². The van der Waals surface area contributed by atoms with Gasteiger partial charge in [-0.15, -0.1) is 11.3 Å². The average molecular weight is 216 g/mol. The Morgan fingerprint density at radius 3 is 2.47 bits per heavy atom. The van der Waals surface area contributed by atoms with E-state index in [0.29, 0.717) is 5.56 Å². The Labute approximate surface area is 92.8 Å². The number of carbonyl (C=O) groups is 1. The lowest BCUT2D eigenvalue weighted by atomic mass is 10.2. The lowest BCUT2D eigenvalue weighted by Crippen LogP contribution is -2.22. The third-order valence-electron chi connectivity index (χ3n) is 2.04. The van der Waals surface area contributed by atoms with Gasteiger partial charge in [-0.2, -0.15) is 0 Å². The summed E-state index contributed by atoms with van der Waals surface area (Å²) in [6.07, 6.45) is 0. The summed E-state index contributed by atoms with van der Waals surface area (Å²) in [7, 11) is 3.75. The SMILES string of the molecule is [CH2]N(C(=O)c1ccccc1)c1cccs1. The van der Waals surface area contributed by atoms with Gasteiger partial charge in [-0.05, 0) is 29.6 Å². The van der Waals surface area contributed by atoms with Gasteiger partial charge in [0.25, 0.3) is 5.91 Å². The zero-order valence-corrected chi connectivity index (χ0v) is 8.91. The number of hydrogen-bond donors (Lipinski definition) is 0. The molecule has 1 aromatic carbocycles. The Morgan fingerprint density at radius 2 is 1.87 bits per heavy atom. The van der Waals surface area contributed by atoms with Gasteiger partial charge in [-0.25, -0.2) is 0 Å². The molecule has 15 heavy (non-hydrogen) atoms. The first-order valence-corrected chi connectivity index (χ1v) is 5.40. The van der Waals surface area contributed by atoms with E-state index in [1.54, 1.807) is 12.1 Å². The van der Waals surface area contributed by atoms with Crippen molar-refractivity contribution in [1.29, 1.82) is 0 Å². The number of amides is 1. The van der Waals surface area contributed by atoms with E-state index in [-0.39, 0.29) is 5.91 Å². The van der Waals surface area contributed by atoms with Crippen LogP contribution in [0.3, 0.4) is 0 Å². The summed E-state index contributed by atoms with van der Waals surface area (Å²) in [5.41, 5.74) is 0.654. The average Bonchev–Trinajstić information content (AvgIpc) is 2.82. The molecule has 2 rings (SSSR count). The van der Waals surface area contributed by atoms with Crippen molar-refractivity contribution < 1.29 is 4.79 Å². The normalized spacial score (nSPS) is 9.93. The molecule has 75 valence electrons. The molecular formula is C12H10NOS. The van der Waals surface area contributed by atoms with E-state index >= 15 is 0 Å². The molecule has 0 aliphatic carbocycles. The first-order chi connectivity index (χ1) is 7.29. The third kappa shape index (κ3) is 2.07. The van der Waals surface area contributed by atoms with Crippen LogP contribution < -0.4 is 4.90 Å². The minimum atomic E-state index is -0.0851. The van der Waals surface area contributed by atoms with E-state index in [4.69, 9.17) is 0 Å². The van der Waals surface area contributed by atoms with Crippen molar-refractivity contribution in [3.05, 3.63) is 60.5 Å². The molecule has 0 aliphatic heterocycles. The summed E-state index contributed by atoms with van der Waals surface area (Å²) in [6.45, 7) is 0. The van der Waals surface area contributed by atoms with Crippen LogP contribution in [0.1, 0.15) is 10.4 Å². The zero-order valence-electron chi connectivity index (χ0n) is 8.09. The Hall–Kier alpha value is -1.61.